The maximum Gasteiger partial charge on any atom is 0.226 e. The second kappa shape index (κ2) is 6.63. The quantitative estimate of drug-likeness (QED) is 0.631. The first kappa shape index (κ1) is 11.3. The van der Waals surface area contributed by atoms with Gasteiger partial charge in [0.15, 0.2) is 0 Å². The molecule has 0 aromatic carbocycles. The Labute approximate surface area is 87.0 Å². The van der Waals surface area contributed by atoms with Gasteiger partial charge in [-0.2, -0.15) is 0 Å². The third-order valence-corrected chi connectivity index (χ3v) is 2.62. The van der Waals surface area contributed by atoms with Crippen LogP contribution in [0.2, 0.25) is 0 Å². The van der Waals surface area contributed by atoms with Gasteiger partial charge in [-0.05, 0) is 19.3 Å². The molecule has 0 spiro atoms. The summed E-state index contributed by atoms with van der Waals surface area (Å²) in [5.41, 5.74) is 0. The average Bonchev–Trinajstić information content (AvgIpc) is 2.39. The molecule has 0 N–H and O–H groups in total. The van der Waals surface area contributed by atoms with Gasteiger partial charge in [0, 0.05) is 19.2 Å². The lowest BCUT2D eigenvalue weighted by Gasteiger charge is -2.14. The van der Waals surface area contributed by atoms with Crippen LogP contribution >= 0.6 is 0 Å². The molecule has 0 radical (unpaired) electrons. The van der Waals surface area contributed by atoms with Gasteiger partial charge in [0.25, 0.3) is 0 Å². The van der Waals surface area contributed by atoms with Gasteiger partial charge in [-0.15, -0.1) is 0 Å². The third kappa shape index (κ3) is 3.95. The number of carbonyl (C=O) groups excluding carboxylic acids is 1. The van der Waals surface area contributed by atoms with Crippen LogP contribution in [0.15, 0.2) is 12.3 Å². The van der Waals surface area contributed by atoms with Crippen LogP contribution in [0.25, 0.3) is 0 Å². The van der Waals surface area contributed by atoms with E-state index in [9.17, 15) is 4.79 Å². The molecule has 0 bridgehead atoms. The summed E-state index contributed by atoms with van der Waals surface area (Å²) in [4.78, 5) is 13.4. The molecule has 14 heavy (non-hydrogen) atoms. The molecule has 2 heteroatoms. The molecule has 1 aliphatic heterocycles. The molecule has 0 aromatic heterocycles. The van der Waals surface area contributed by atoms with E-state index in [-0.39, 0.29) is 0 Å². The predicted octanol–water partition coefficient (Wildman–Crippen LogP) is 3.09. The molecule has 1 aliphatic rings. The lowest BCUT2D eigenvalue weighted by molar-refractivity contribution is -0.128. The fourth-order valence-corrected chi connectivity index (χ4v) is 1.68. The summed E-state index contributed by atoms with van der Waals surface area (Å²) in [5.74, 6) is 0.301. The van der Waals surface area contributed by atoms with Crippen molar-refractivity contribution in [2.75, 3.05) is 6.54 Å². The van der Waals surface area contributed by atoms with Crippen molar-refractivity contribution in [1.82, 2.24) is 4.90 Å². The van der Waals surface area contributed by atoms with E-state index in [4.69, 9.17) is 0 Å². The maximum atomic E-state index is 11.6. The Morgan fingerprint density at radius 3 is 3.00 bits per heavy atom. The summed E-state index contributed by atoms with van der Waals surface area (Å²) >= 11 is 0. The Bertz CT molecular complexity index is 198. The summed E-state index contributed by atoms with van der Waals surface area (Å²) in [7, 11) is 0. The molecule has 0 saturated carbocycles. The average molecular weight is 195 g/mol. The first-order valence-electron chi connectivity index (χ1n) is 5.80. The van der Waals surface area contributed by atoms with Crippen LogP contribution in [0.4, 0.5) is 0 Å². The summed E-state index contributed by atoms with van der Waals surface area (Å²) in [6.07, 6.45) is 11.8. The van der Waals surface area contributed by atoms with Crippen LogP contribution in [0.1, 0.15) is 51.9 Å². The van der Waals surface area contributed by atoms with E-state index in [0.29, 0.717) is 5.91 Å². The van der Waals surface area contributed by atoms with E-state index in [1.165, 1.54) is 19.3 Å². The number of hydrogen-bond donors (Lipinski definition) is 0. The van der Waals surface area contributed by atoms with E-state index < -0.39 is 0 Å². The Balaban J connectivity index is 2.32. The highest BCUT2D eigenvalue weighted by molar-refractivity contribution is 5.77. The molecule has 0 aromatic rings. The van der Waals surface area contributed by atoms with Crippen molar-refractivity contribution in [3.05, 3.63) is 12.3 Å². The molecule has 0 atom stereocenters. The fraction of sp³-hybridized carbons (Fsp3) is 0.750. The van der Waals surface area contributed by atoms with Gasteiger partial charge in [-0.3, -0.25) is 4.79 Å². The van der Waals surface area contributed by atoms with Crippen LogP contribution < -0.4 is 0 Å². The van der Waals surface area contributed by atoms with Gasteiger partial charge in [0.2, 0.25) is 5.91 Å². The van der Waals surface area contributed by atoms with Gasteiger partial charge in [-0.1, -0.05) is 32.3 Å². The summed E-state index contributed by atoms with van der Waals surface area (Å²) < 4.78 is 0. The fourth-order valence-electron chi connectivity index (χ4n) is 1.68. The molecule has 80 valence electrons. The van der Waals surface area contributed by atoms with E-state index in [1.807, 2.05) is 11.1 Å². The molecular formula is C12H21NO. The molecule has 0 unspecified atom stereocenters. The smallest absolute Gasteiger partial charge is 0.226 e. The molecule has 1 amide bonds. The van der Waals surface area contributed by atoms with E-state index in [0.717, 1.165) is 32.2 Å². The summed E-state index contributed by atoms with van der Waals surface area (Å²) in [6.45, 7) is 3.10. The number of unbranched alkanes of at least 4 members (excludes halogenated alkanes) is 2. The second-order valence-electron chi connectivity index (χ2n) is 3.92. The number of rotatable bonds is 4. The van der Waals surface area contributed by atoms with Gasteiger partial charge < -0.3 is 4.90 Å². The number of allylic oxidation sites excluding steroid dienone is 1. The summed E-state index contributed by atoms with van der Waals surface area (Å²) in [6, 6.07) is 0. The largest absolute Gasteiger partial charge is 0.319 e. The van der Waals surface area contributed by atoms with Crippen molar-refractivity contribution in [1.29, 1.82) is 0 Å². The van der Waals surface area contributed by atoms with Crippen LogP contribution in [0.3, 0.4) is 0 Å². The predicted molar refractivity (Wildman–Crippen MR) is 58.8 cm³/mol. The van der Waals surface area contributed by atoms with Crippen molar-refractivity contribution < 1.29 is 4.79 Å². The topological polar surface area (TPSA) is 20.3 Å². The Kier molecular flexibility index (Phi) is 5.35. The number of likely N-dealkylation sites (tertiary alicyclic amines) is 1. The van der Waals surface area contributed by atoms with E-state index >= 15 is 0 Å². The molecule has 1 heterocycles. The van der Waals surface area contributed by atoms with Gasteiger partial charge >= 0.3 is 0 Å². The zero-order chi connectivity index (χ0) is 10.2. The minimum absolute atomic E-state index is 0.301. The Hall–Kier alpha value is -0.790. The van der Waals surface area contributed by atoms with Crippen LogP contribution in [0.5, 0.6) is 0 Å². The zero-order valence-corrected chi connectivity index (χ0v) is 9.17. The lowest BCUT2D eigenvalue weighted by atomic mass is 10.2. The first-order chi connectivity index (χ1) is 6.84. The molecule has 1 saturated heterocycles. The summed E-state index contributed by atoms with van der Waals surface area (Å²) in [5, 5.41) is 0. The zero-order valence-electron chi connectivity index (χ0n) is 9.17. The van der Waals surface area contributed by atoms with Crippen LogP contribution in [-0.2, 0) is 4.79 Å². The van der Waals surface area contributed by atoms with Crippen LogP contribution in [0, 0.1) is 0 Å². The number of carbonyl (C=O) groups is 1. The molecule has 2 nitrogen and oxygen atoms in total. The number of amides is 1. The van der Waals surface area contributed by atoms with Crippen molar-refractivity contribution in [2.45, 2.75) is 51.9 Å². The molecule has 0 aliphatic carbocycles. The minimum atomic E-state index is 0.301. The monoisotopic (exact) mass is 195 g/mol. The highest BCUT2D eigenvalue weighted by Gasteiger charge is 2.13. The third-order valence-electron chi connectivity index (χ3n) is 2.62. The van der Waals surface area contributed by atoms with Crippen molar-refractivity contribution in [3.63, 3.8) is 0 Å². The Morgan fingerprint density at radius 2 is 2.21 bits per heavy atom. The van der Waals surface area contributed by atoms with E-state index in [1.54, 1.807) is 0 Å². The molecule has 1 fully saturated rings. The van der Waals surface area contributed by atoms with Crippen molar-refractivity contribution in [3.8, 4) is 0 Å². The van der Waals surface area contributed by atoms with Gasteiger partial charge in [0.1, 0.15) is 0 Å². The molecular weight excluding hydrogens is 174 g/mol. The minimum Gasteiger partial charge on any atom is -0.319 e. The van der Waals surface area contributed by atoms with Crippen molar-refractivity contribution >= 4 is 5.91 Å². The highest BCUT2D eigenvalue weighted by atomic mass is 16.2. The SMILES string of the molecule is CCCC/C=C\N1CCCCCC1=O. The normalized spacial score (nSPS) is 18.9. The van der Waals surface area contributed by atoms with Gasteiger partial charge in [0.05, 0.1) is 0 Å². The van der Waals surface area contributed by atoms with Crippen molar-refractivity contribution in [2.24, 2.45) is 0 Å². The second-order valence-corrected chi connectivity index (χ2v) is 3.92. The lowest BCUT2D eigenvalue weighted by Crippen LogP contribution is -2.24. The van der Waals surface area contributed by atoms with E-state index in [2.05, 4.69) is 13.0 Å². The maximum absolute atomic E-state index is 11.6. The number of nitrogens with zero attached hydrogens (tertiary/aromatic N) is 1. The highest BCUT2D eigenvalue weighted by Crippen LogP contribution is 2.11. The first-order valence-corrected chi connectivity index (χ1v) is 5.80. The Morgan fingerprint density at radius 1 is 1.36 bits per heavy atom. The van der Waals surface area contributed by atoms with Crippen LogP contribution in [-0.4, -0.2) is 17.4 Å². The molecule has 1 rings (SSSR count). The number of hydrogen-bond acceptors (Lipinski definition) is 1. The van der Waals surface area contributed by atoms with Gasteiger partial charge in [-0.25, -0.2) is 0 Å². The standard InChI is InChI=1S/C12H21NO/c1-2-3-4-7-10-13-11-8-5-6-9-12(13)14/h7,10H,2-6,8-9,11H2,1H3/b10-7-.